The number of anilines is 1. The van der Waals surface area contributed by atoms with E-state index in [2.05, 4.69) is 59.8 Å². The van der Waals surface area contributed by atoms with Crippen molar-refractivity contribution in [2.75, 3.05) is 11.9 Å². The Morgan fingerprint density at radius 3 is 2.32 bits per heavy atom. The molecule has 0 unspecified atom stereocenters. The van der Waals surface area contributed by atoms with E-state index in [1.54, 1.807) is 30.6 Å². The Kier molecular flexibility index (Phi) is 10.2. The molecule has 0 bridgehead atoms. The van der Waals surface area contributed by atoms with Gasteiger partial charge in [-0.2, -0.15) is 5.21 Å². The monoisotopic (exact) mass is 677 g/mol. The lowest BCUT2D eigenvalue weighted by atomic mass is 9.81. The van der Waals surface area contributed by atoms with E-state index in [4.69, 9.17) is 4.74 Å². The number of rotatable bonds is 10. The summed E-state index contributed by atoms with van der Waals surface area (Å²) in [6.45, 7) is 6.00. The molecule has 2 aromatic heterocycles. The summed E-state index contributed by atoms with van der Waals surface area (Å²) < 4.78 is 7.33. The maximum absolute atomic E-state index is 13.7. The maximum atomic E-state index is 13.7. The minimum absolute atomic E-state index is 0.142. The van der Waals surface area contributed by atoms with Crippen LogP contribution in [0.5, 0.6) is 0 Å². The number of amides is 3. The van der Waals surface area contributed by atoms with Gasteiger partial charge in [-0.3, -0.25) is 9.59 Å². The van der Waals surface area contributed by atoms with Crippen LogP contribution in [-0.4, -0.2) is 66.3 Å². The number of fused-ring (bicyclic) bond motifs is 1. The molecule has 260 valence electrons. The van der Waals surface area contributed by atoms with E-state index < -0.39 is 17.7 Å². The lowest BCUT2D eigenvalue weighted by Crippen LogP contribution is -2.48. The molecule has 0 radical (unpaired) electrons. The van der Waals surface area contributed by atoms with Crippen molar-refractivity contribution in [1.82, 2.24) is 40.8 Å². The highest BCUT2D eigenvalue weighted by Gasteiger charge is 2.30. The molecule has 1 saturated carbocycles. The van der Waals surface area contributed by atoms with Crippen molar-refractivity contribution in [1.29, 1.82) is 0 Å². The van der Waals surface area contributed by atoms with Crippen molar-refractivity contribution in [2.45, 2.75) is 64.5 Å². The fraction of sp³-hybridized carbons (Fsp3) is 0.378. The Hall–Kier alpha value is -5.59. The van der Waals surface area contributed by atoms with Crippen molar-refractivity contribution in [3.63, 3.8) is 0 Å². The van der Waals surface area contributed by atoms with E-state index in [0.29, 0.717) is 37.3 Å². The predicted molar refractivity (Wildman–Crippen MR) is 190 cm³/mol. The van der Waals surface area contributed by atoms with Gasteiger partial charge in [0.2, 0.25) is 17.6 Å². The molecule has 1 aliphatic rings. The number of nitrogens with one attached hydrogen (secondary N) is 4. The van der Waals surface area contributed by atoms with Crippen LogP contribution in [-0.2, 0) is 27.8 Å². The fourth-order valence-corrected chi connectivity index (χ4v) is 6.27. The molecule has 3 aromatic carbocycles. The molecule has 0 spiro atoms. The van der Waals surface area contributed by atoms with E-state index in [1.165, 1.54) is 0 Å². The molecule has 13 nitrogen and oxygen atoms in total. The van der Waals surface area contributed by atoms with Crippen LogP contribution in [0, 0.1) is 11.8 Å². The third-order valence-electron chi connectivity index (χ3n) is 8.99. The van der Waals surface area contributed by atoms with Crippen LogP contribution < -0.4 is 16.0 Å². The molecule has 5 aromatic rings. The predicted octanol–water partition coefficient (Wildman–Crippen LogP) is 5.42. The second-order valence-corrected chi connectivity index (χ2v) is 13.9. The van der Waals surface area contributed by atoms with Crippen molar-refractivity contribution in [3.8, 4) is 22.5 Å². The van der Waals surface area contributed by atoms with Gasteiger partial charge < -0.3 is 25.3 Å². The molecule has 0 aliphatic heterocycles. The summed E-state index contributed by atoms with van der Waals surface area (Å²) in [4.78, 5) is 43.9. The normalized spacial score (nSPS) is 16.8. The van der Waals surface area contributed by atoms with Gasteiger partial charge in [0.1, 0.15) is 11.6 Å². The summed E-state index contributed by atoms with van der Waals surface area (Å²) in [5.41, 5.74) is 5.76. The molecular weight excluding hydrogens is 634 g/mol. The number of alkyl carbamates (subject to hydrolysis) is 1. The third-order valence-corrected chi connectivity index (χ3v) is 8.99. The van der Waals surface area contributed by atoms with E-state index in [9.17, 15) is 14.4 Å². The number of aromatic amines is 1. The highest BCUT2D eigenvalue weighted by Crippen LogP contribution is 2.29. The van der Waals surface area contributed by atoms with E-state index in [-0.39, 0.29) is 23.7 Å². The Balaban J connectivity index is 1.11. The van der Waals surface area contributed by atoms with Crippen molar-refractivity contribution < 1.29 is 19.1 Å². The minimum Gasteiger partial charge on any atom is -0.444 e. The summed E-state index contributed by atoms with van der Waals surface area (Å²) in [5, 5.41) is 22.9. The first-order valence-corrected chi connectivity index (χ1v) is 16.9. The standard InChI is InChI=1S/C37H43N9O4/c1-37(2,3)50-36(49)38-21-24-7-11-27(12-8-24)34(47)41-31(35(48)40-29-16-13-26(14-17-29)33-42-44-45-43-33)19-23-5-9-25(10-6-23)28-15-18-32-30(20-28)39-22-46(32)4/h5-6,9-10,13-18,20,22,24,27,31H,7-8,11-12,19,21H2,1-4H3,(H,38,49)(H,40,48)(H,41,47)(H,42,43,44,45)/t24-,27-,31-/m0/s1. The van der Waals surface area contributed by atoms with Gasteiger partial charge in [0.05, 0.1) is 17.4 Å². The zero-order valence-electron chi connectivity index (χ0n) is 28.8. The van der Waals surface area contributed by atoms with Gasteiger partial charge in [-0.05, 0) is 111 Å². The maximum Gasteiger partial charge on any atom is 0.407 e. The summed E-state index contributed by atoms with van der Waals surface area (Å²) >= 11 is 0. The van der Waals surface area contributed by atoms with E-state index in [1.807, 2.05) is 56.7 Å². The average Bonchev–Trinajstić information content (AvgIpc) is 3.77. The number of H-pyrrole nitrogens is 1. The van der Waals surface area contributed by atoms with E-state index in [0.717, 1.165) is 46.1 Å². The van der Waals surface area contributed by atoms with E-state index >= 15 is 0 Å². The lowest BCUT2D eigenvalue weighted by Gasteiger charge is -2.29. The molecule has 1 aliphatic carbocycles. The fourth-order valence-electron chi connectivity index (χ4n) is 6.27. The van der Waals surface area contributed by atoms with Crippen molar-refractivity contribution in [2.24, 2.45) is 18.9 Å². The number of aryl methyl sites for hydroxylation is 1. The summed E-state index contributed by atoms with van der Waals surface area (Å²) in [5.74, 6) is 0.0352. The molecule has 6 rings (SSSR count). The molecular formula is C37H43N9O4. The van der Waals surface area contributed by atoms with Gasteiger partial charge in [0.15, 0.2) is 0 Å². The Morgan fingerprint density at radius 1 is 0.940 bits per heavy atom. The Labute approximate surface area is 290 Å². The number of tetrazole rings is 1. The zero-order chi connectivity index (χ0) is 35.3. The molecule has 4 N–H and O–H groups in total. The van der Waals surface area contributed by atoms with Crippen LogP contribution in [0.25, 0.3) is 33.5 Å². The van der Waals surface area contributed by atoms with Crippen molar-refractivity contribution >= 4 is 34.6 Å². The average molecular weight is 678 g/mol. The highest BCUT2D eigenvalue weighted by atomic mass is 16.6. The number of carbonyl (C=O) groups excluding carboxylic acids is 3. The first kappa shape index (κ1) is 34.3. The van der Waals surface area contributed by atoms with Gasteiger partial charge in [-0.25, -0.2) is 9.78 Å². The number of ether oxygens (including phenoxy) is 1. The molecule has 3 amide bonds. The van der Waals surface area contributed by atoms with Crippen LogP contribution in [0.15, 0.2) is 73.1 Å². The molecule has 1 atom stereocenters. The zero-order valence-corrected chi connectivity index (χ0v) is 28.8. The molecule has 13 heteroatoms. The number of benzene rings is 3. The van der Waals surface area contributed by atoms with Crippen LogP contribution in [0.3, 0.4) is 0 Å². The van der Waals surface area contributed by atoms with Crippen LogP contribution in [0.1, 0.15) is 52.0 Å². The SMILES string of the molecule is Cn1cnc2cc(-c3ccc(C[C@H](NC(=O)[C@H]4CC[C@H](CNC(=O)OC(C)(C)C)CC4)C(=O)Nc4ccc(-c5nn[nH]n5)cc4)cc3)ccc21. The van der Waals surface area contributed by atoms with Gasteiger partial charge in [0.25, 0.3) is 0 Å². The highest BCUT2D eigenvalue weighted by molar-refractivity contribution is 5.97. The third kappa shape index (κ3) is 8.70. The van der Waals surface area contributed by atoms with Crippen LogP contribution >= 0.6 is 0 Å². The minimum atomic E-state index is -0.804. The Bertz CT molecular complexity index is 1920. The smallest absolute Gasteiger partial charge is 0.407 e. The number of aromatic nitrogens is 6. The van der Waals surface area contributed by atoms with Crippen LogP contribution in [0.4, 0.5) is 10.5 Å². The number of carbonyl (C=O) groups is 3. The topological polar surface area (TPSA) is 169 Å². The second-order valence-electron chi connectivity index (χ2n) is 13.9. The second kappa shape index (κ2) is 14.9. The first-order valence-electron chi connectivity index (χ1n) is 16.9. The van der Waals surface area contributed by atoms with Gasteiger partial charge >= 0.3 is 6.09 Å². The summed E-state index contributed by atoms with van der Waals surface area (Å²) in [6, 6.07) is 20.6. The molecule has 0 saturated heterocycles. The van der Waals surface area contributed by atoms with Gasteiger partial charge in [-0.1, -0.05) is 30.3 Å². The number of nitrogens with zero attached hydrogens (tertiary/aromatic N) is 5. The quantitative estimate of drug-likeness (QED) is 0.152. The van der Waals surface area contributed by atoms with Gasteiger partial charge in [0, 0.05) is 37.2 Å². The Morgan fingerprint density at radius 2 is 1.64 bits per heavy atom. The van der Waals surface area contributed by atoms with Gasteiger partial charge in [-0.15, -0.1) is 10.2 Å². The molecule has 2 heterocycles. The lowest BCUT2D eigenvalue weighted by molar-refractivity contribution is -0.130. The largest absolute Gasteiger partial charge is 0.444 e. The van der Waals surface area contributed by atoms with Crippen LogP contribution in [0.2, 0.25) is 0 Å². The molecule has 1 fully saturated rings. The summed E-state index contributed by atoms with van der Waals surface area (Å²) in [7, 11) is 1.97. The number of hydrogen-bond acceptors (Lipinski definition) is 8. The number of hydrogen-bond donors (Lipinski definition) is 4. The molecule has 50 heavy (non-hydrogen) atoms. The first-order chi connectivity index (χ1) is 24.0. The number of imidazole rings is 1. The summed E-state index contributed by atoms with van der Waals surface area (Å²) in [6.07, 6.45) is 4.62. The van der Waals surface area contributed by atoms with Crippen molar-refractivity contribution in [3.05, 3.63) is 78.6 Å².